The van der Waals surface area contributed by atoms with Crippen LogP contribution < -0.4 is 16.6 Å². The molecular weight excluding hydrogens is 345 g/mol. The maximum Gasteiger partial charge on any atom is 0.240 e. The van der Waals surface area contributed by atoms with E-state index in [-0.39, 0.29) is 5.82 Å². The lowest BCUT2D eigenvalue weighted by Gasteiger charge is -2.10. The number of anilines is 3. The van der Waals surface area contributed by atoms with Gasteiger partial charge in [-0.05, 0) is 45.6 Å². The summed E-state index contributed by atoms with van der Waals surface area (Å²) in [5.74, 6) is 5.89. The number of rotatable bonds is 3. The van der Waals surface area contributed by atoms with Crippen LogP contribution in [-0.4, -0.2) is 9.97 Å². The third-order valence-electron chi connectivity index (χ3n) is 2.64. The summed E-state index contributed by atoms with van der Waals surface area (Å²) in [5, 5.41) is 5.85. The maximum absolute atomic E-state index is 13.3. The van der Waals surface area contributed by atoms with E-state index in [0.29, 0.717) is 17.5 Å². The third-order valence-corrected chi connectivity index (χ3v) is 4.13. The summed E-state index contributed by atoms with van der Waals surface area (Å²) in [6.45, 7) is 0. The molecular formula is C12H9BrFN5S. The van der Waals surface area contributed by atoms with Crippen LogP contribution in [0.15, 0.2) is 34.1 Å². The van der Waals surface area contributed by atoms with Gasteiger partial charge in [0.2, 0.25) is 5.95 Å². The van der Waals surface area contributed by atoms with E-state index in [1.54, 1.807) is 6.07 Å². The Morgan fingerprint density at radius 3 is 2.90 bits per heavy atom. The van der Waals surface area contributed by atoms with Gasteiger partial charge >= 0.3 is 0 Å². The molecule has 1 aromatic carbocycles. The minimum atomic E-state index is -0.330. The molecule has 2 heterocycles. The number of nitrogen functional groups attached to an aromatic ring is 1. The van der Waals surface area contributed by atoms with Gasteiger partial charge in [0, 0.05) is 4.47 Å². The number of nitrogens with one attached hydrogen (secondary N) is 2. The number of fused-ring (bicyclic) bond motifs is 1. The van der Waals surface area contributed by atoms with Crippen molar-refractivity contribution in [2.45, 2.75) is 0 Å². The third kappa shape index (κ3) is 2.45. The maximum atomic E-state index is 13.3. The zero-order valence-electron chi connectivity index (χ0n) is 10.0. The molecule has 0 atom stereocenters. The molecule has 3 aromatic rings. The van der Waals surface area contributed by atoms with Crippen molar-refractivity contribution >= 4 is 54.9 Å². The molecule has 5 nitrogen and oxygen atoms in total. The first-order valence-electron chi connectivity index (χ1n) is 5.61. The van der Waals surface area contributed by atoms with Crippen molar-refractivity contribution in [2.24, 2.45) is 5.84 Å². The lowest BCUT2D eigenvalue weighted by atomic mass is 10.3. The van der Waals surface area contributed by atoms with E-state index < -0.39 is 0 Å². The van der Waals surface area contributed by atoms with Crippen LogP contribution >= 0.6 is 27.3 Å². The fourth-order valence-electron chi connectivity index (χ4n) is 1.74. The van der Waals surface area contributed by atoms with Gasteiger partial charge in [0.05, 0.1) is 11.1 Å². The van der Waals surface area contributed by atoms with Gasteiger partial charge < -0.3 is 5.32 Å². The predicted octanol–water partition coefficient (Wildman–Crippen LogP) is 3.62. The molecule has 0 aliphatic heterocycles. The first kappa shape index (κ1) is 13.2. The average Bonchev–Trinajstić information content (AvgIpc) is 2.91. The average molecular weight is 354 g/mol. The summed E-state index contributed by atoms with van der Waals surface area (Å²) in [6, 6.07) is 6.30. The zero-order valence-corrected chi connectivity index (χ0v) is 12.4. The Bertz CT molecular complexity index is 776. The molecule has 8 heteroatoms. The molecule has 0 unspecified atom stereocenters. The molecule has 4 N–H and O–H groups in total. The number of halogens is 2. The minimum absolute atomic E-state index is 0.301. The van der Waals surface area contributed by atoms with E-state index in [9.17, 15) is 4.39 Å². The number of hydrogen-bond donors (Lipinski definition) is 3. The molecule has 0 aliphatic rings. The van der Waals surface area contributed by atoms with Gasteiger partial charge in [-0.15, -0.1) is 11.3 Å². The summed E-state index contributed by atoms with van der Waals surface area (Å²) in [4.78, 5) is 9.30. The molecule has 0 fully saturated rings. The highest BCUT2D eigenvalue weighted by molar-refractivity contribution is 9.10. The highest BCUT2D eigenvalue weighted by atomic mass is 79.9. The molecule has 0 saturated carbocycles. The molecule has 0 saturated heterocycles. The normalized spacial score (nSPS) is 10.8. The minimum Gasteiger partial charge on any atom is -0.339 e. The molecule has 0 bridgehead atoms. The number of hydrogen-bond acceptors (Lipinski definition) is 6. The second-order valence-corrected chi connectivity index (χ2v) is 5.68. The van der Waals surface area contributed by atoms with E-state index in [1.165, 1.54) is 23.5 Å². The van der Waals surface area contributed by atoms with Crippen molar-refractivity contribution in [3.05, 3.63) is 39.9 Å². The number of nitrogens with two attached hydrogens (primary N) is 1. The van der Waals surface area contributed by atoms with E-state index in [4.69, 9.17) is 5.84 Å². The fraction of sp³-hybridized carbons (Fsp3) is 0. The Morgan fingerprint density at radius 2 is 2.10 bits per heavy atom. The van der Waals surface area contributed by atoms with Gasteiger partial charge in [0.15, 0.2) is 0 Å². The molecule has 0 aliphatic carbocycles. The van der Waals surface area contributed by atoms with Crippen LogP contribution in [0.5, 0.6) is 0 Å². The Balaban J connectivity index is 2.09. The number of aromatic nitrogens is 2. The van der Waals surface area contributed by atoms with Crippen molar-refractivity contribution in [3.8, 4) is 0 Å². The molecule has 0 spiro atoms. The molecule has 102 valence electrons. The lowest BCUT2D eigenvalue weighted by Crippen LogP contribution is -2.11. The van der Waals surface area contributed by atoms with Crippen molar-refractivity contribution in [1.29, 1.82) is 0 Å². The fourth-order valence-corrected chi connectivity index (χ4v) is 2.85. The molecule has 2 aromatic heterocycles. The van der Waals surface area contributed by atoms with Crippen LogP contribution in [-0.2, 0) is 0 Å². The monoisotopic (exact) mass is 353 g/mol. The van der Waals surface area contributed by atoms with Crippen LogP contribution in [0.1, 0.15) is 0 Å². The molecule has 0 amide bonds. The zero-order chi connectivity index (χ0) is 14.1. The summed E-state index contributed by atoms with van der Waals surface area (Å²) in [7, 11) is 0. The highest BCUT2D eigenvalue weighted by Crippen LogP contribution is 2.31. The summed E-state index contributed by atoms with van der Waals surface area (Å²) >= 11 is 4.84. The van der Waals surface area contributed by atoms with E-state index in [0.717, 1.165) is 14.7 Å². The van der Waals surface area contributed by atoms with Gasteiger partial charge in [-0.3, -0.25) is 5.43 Å². The van der Waals surface area contributed by atoms with Crippen LogP contribution in [0.3, 0.4) is 0 Å². The lowest BCUT2D eigenvalue weighted by molar-refractivity contribution is 0.628. The van der Waals surface area contributed by atoms with Gasteiger partial charge in [0.1, 0.15) is 16.5 Å². The molecule has 20 heavy (non-hydrogen) atoms. The van der Waals surface area contributed by atoms with Gasteiger partial charge in [0.25, 0.3) is 0 Å². The Hall–Kier alpha value is -1.77. The van der Waals surface area contributed by atoms with E-state index in [1.807, 2.05) is 11.4 Å². The van der Waals surface area contributed by atoms with E-state index >= 15 is 0 Å². The Kier molecular flexibility index (Phi) is 3.51. The van der Waals surface area contributed by atoms with E-state index in [2.05, 4.69) is 36.6 Å². The molecule has 0 radical (unpaired) electrons. The second-order valence-electron chi connectivity index (χ2n) is 3.93. The topological polar surface area (TPSA) is 75.9 Å². The predicted molar refractivity (Wildman–Crippen MR) is 82.6 cm³/mol. The smallest absolute Gasteiger partial charge is 0.240 e. The standard InChI is InChI=1S/C12H9BrFN5S/c13-8-2-1-6(14)5-9(8)16-10-7-3-4-20-11(7)18-12(17-10)19-15/h1-5H,15H2,(H2,16,17,18,19). The number of thiophene rings is 1. The Labute approximate surface area is 126 Å². The SMILES string of the molecule is NNc1nc(Nc2cc(F)ccc2Br)c2ccsc2n1. The van der Waals surface area contributed by atoms with Gasteiger partial charge in [-0.25, -0.2) is 15.2 Å². The summed E-state index contributed by atoms with van der Waals surface area (Å²) in [5.41, 5.74) is 3.00. The van der Waals surface area contributed by atoms with Crippen LogP contribution in [0, 0.1) is 5.82 Å². The largest absolute Gasteiger partial charge is 0.339 e. The first-order valence-corrected chi connectivity index (χ1v) is 7.28. The highest BCUT2D eigenvalue weighted by Gasteiger charge is 2.10. The van der Waals surface area contributed by atoms with Crippen molar-refractivity contribution in [2.75, 3.05) is 10.7 Å². The van der Waals surface area contributed by atoms with Crippen LogP contribution in [0.25, 0.3) is 10.2 Å². The van der Waals surface area contributed by atoms with Gasteiger partial charge in [-0.1, -0.05) is 0 Å². The molecule has 3 rings (SSSR count). The van der Waals surface area contributed by atoms with Crippen molar-refractivity contribution < 1.29 is 4.39 Å². The number of hydrazine groups is 1. The van der Waals surface area contributed by atoms with Gasteiger partial charge in [-0.2, -0.15) is 4.98 Å². The quantitative estimate of drug-likeness (QED) is 0.495. The van der Waals surface area contributed by atoms with Crippen molar-refractivity contribution in [1.82, 2.24) is 9.97 Å². The van der Waals surface area contributed by atoms with Crippen LogP contribution in [0.2, 0.25) is 0 Å². The summed E-state index contributed by atoms with van der Waals surface area (Å²) in [6.07, 6.45) is 0. The van der Waals surface area contributed by atoms with Crippen molar-refractivity contribution in [3.63, 3.8) is 0 Å². The Morgan fingerprint density at radius 1 is 1.25 bits per heavy atom. The van der Waals surface area contributed by atoms with Crippen LogP contribution in [0.4, 0.5) is 21.8 Å². The second kappa shape index (κ2) is 5.31. The number of nitrogens with zero attached hydrogens (tertiary/aromatic N) is 2. The first-order chi connectivity index (χ1) is 9.67. The number of benzene rings is 1. The summed E-state index contributed by atoms with van der Waals surface area (Å²) < 4.78 is 14.1.